The largest absolute Gasteiger partial charge is 0.308 e. The fourth-order valence-electron chi connectivity index (χ4n) is 1.57. The highest BCUT2D eigenvalue weighted by Gasteiger charge is 2.04. The van der Waals surface area contributed by atoms with Gasteiger partial charge in [-0.25, -0.2) is 4.98 Å². The lowest BCUT2D eigenvalue weighted by Crippen LogP contribution is -2.24. The molecule has 1 unspecified atom stereocenters. The number of hydrogen-bond acceptors (Lipinski definition) is 3. The molecule has 2 nitrogen and oxygen atoms in total. The zero-order chi connectivity index (χ0) is 11.5. The smallest absolute Gasteiger partial charge is 0.108 e. The number of aromatic nitrogens is 1. The van der Waals surface area contributed by atoms with Crippen LogP contribution in [-0.2, 0) is 6.54 Å². The normalized spacial score (nSPS) is 13.2. The molecule has 0 saturated heterocycles. The van der Waals surface area contributed by atoms with Gasteiger partial charge in [-0.15, -0.1) is 11.3 Å². The molecule has 0 saturated carbocycles. The number of aryl methyl sites for hydroxylation is 1. The van der Waals surface area contributed by atoms with Crippen LogP contribution in [0.2, 0.25) is 0 Å². The molecule has 1 heterocycles. The van der Waals surface area contributed by atoms with Crippen molar-refractivity contribution in [3.05, 3.63) is 28.8 Å². The second-order valence-electron chi connectivity index (χ2n) is 4.27. The maximum atomic E-state index is 4.64. The van der Waals surface area contributed by atoms with Crippen LogP contribution in [-0.4, -0.2) is 11.0 Å². The lowest BCUT2D eigenvalue weighted by molar-refractivity contribution is 0.533. The van der Waals surface area contributed by atoms with Gasteiger partial charge in [0.15, 0.2) is 0 Å². The van der Waals surface area contributed by atoms with Gasteiger partial charge in [-0.3, -0.25) is 0 Å². The Labute approximate surface area is 101 Å². The summed E-state index contributed by atoms with van der Waals surface area (Å²) in [6, 6.07) is 7.02. The first-order valence-corrected chi connectivity index (χ1v) is 6.60. The van der Waals surface area contributed by atoms with Crippen molar-refractivity contribution in [3.8, 4) is 0 Å². The van der Waals surface area contributed by atoms with E-state index in [-0.39, 0.29) is 0 Å². The summed E-state index contributed by atoms with van der Waals surface area (Å²) in [6.07, 6.45) is 1.16. The Morgan fingerprint density at radius 3 is 3.00 bits per heavy atom. The molecule has 0 radical (unpaired) electrons. The van der Waals surface area contributed by atoms with Gasteiger partial charge in [0.1, 0.15) is 5.01 Å². The summed E-state index contributed by atoms with van der Waals surface area (Å²) in [5.74, 6) is 0. The Kier molecular flexibility index (Phi) is 3.56. The number of nitrogens with zero attached hydrogens (tertiary/aromatic N) is 1. The zero-order valence-electron chi connectivity index (χ0n) is 10.1. The first-order chi connectivity index (χ1) is 7.69. The predicted octanol–water partition coefficient (Wildman–Crippen LogP) is 3.49. The Bertz CT molecular complexity index is 476. The molecule has 1 aromatic heterocycles. The van der Waals surface area contributed by atoms with Crippen molar-refractivity contribution < 1.29 is 0 Å². The Morgan fingerprint density at radius 1 is 1.44 bits per heavy atom. The SMILES string of the molecule is CCC(C)NCc1nc2cc(C)ccc2s1. The van der Waals surface area contributed by atoms with Crippen LogP contribution in [0.5, 0.6) is 0 Å². The van der Waals surface area contributed by atoms with Gasteiger partial charge >= 0.3 is 0 Å². The van der Waals surface area contributed by atoms with Gasteiger partial charge < -0.3 is 5.32 Å². The fourth-order valence-corrected chi connectivity index (χ4v) is 2.47. The van der Waals surface area contributed by atoms with Crippen molar-refractivity contribution in [1.29, 1.82) is 0 Å². The van der Waals surface area contributed by atoms with Crippen LogP contribution >= 0.6 is 11.3 Å². The minimum atomic E-state index is 0.564. The van der Waals surface area contributed by atoms with E-state index in [4.69, 9.17) is 0 Å². The molecule has 0 amide bonds. The van der Waals surface area contributed by atoms with Crippen LogP contribution in [0.4, 0.5) is 0 Å². The third-order valence-electron chi connectivity index (χ3n) is 2.80. The van der Waals surface area contributed by atoms with Crippen molar-refractivity contribution in [2.75, 3.05) is 0 Å². The van der Waals surface area contributed by atoms with Gasteiger partial charge in [0.25, 0.3) is 0 Å². The summed E-state index contributed by atoms with van der Waals surface area (Å²) in [4.78, 5) is 4.64. The minimum Gasteiger partial charge on any atom is -0.308 e. The lowest BCUT2D eigenvalue weighted by atomic mass is 10.2. The van der Waals surface area contributed by atoms with Crippen LogP contribution in [0.15, 0.2) is 18.2 Å². The molecule has 0 spiro atoms. The van der Waals surface area contributed by atoms with E-state index in [1.54, 1.807) is 11.3 Å². The van der Waals surface area contributed by atoms with E-state index < -0.39 is 0 Å². The highest BCUT2D eigenvalue weighted by molar-refractivity contribution is 7.18. The maximum absolute atomic E-state index is 4.64. The molecule has 2 aromatic rings. The summed E-state index contributed by atoms with van der Waals surface area (Å²) in [5, 5.41) is 4.65. The molecule has 0 bridgehead atoms. The summed E-state index contributed by atoms with van der Waals surface area (Å²) in [7, 11) is 0. The first-order valence-electron chi connectivity index (χ1n) is 5.78. The minimum absolute atomic E-state index is 0.564. The maximum Gasteiger partial charge on any atom is 0.108 e. The van der Waals surface area contributed by atoms with E-state index in [2.05, 4.69) is 49.3 Å². The first kappa shape index (κ1) is 11.6. The average molecular weight is 234 g/mol. The van der Waals surface area contributed by atoms with Crippen molar-refractivity contribution in [2.24, 2.45) is 0 Å². The third kappa shape index (κ3) is 2.60. The number of hydrogen-bond donors (Lipinski definition) is 1. The molecule has 3 heteroatoms. The molecular weight excluding hydrogens is 216 g/mol. The molecular formula is C13H18N2S. The van der Waals surface area contributed by atoms with Gasteiger partial charge in [0.2, 0.25) is 0 Å². The van der Waals surface area contributed by atoms with Crippen LogP contribution < -0.4 is 5.32 Å². The molecule has 0 aliphatic carbocycles. The van der Waals surface area contributed by atoms with Gasteiger partial charge in [-0.05, 0) is 38.0 Å². The zero-order valence-corrected chi connectivity index (χ0v) is 10.9. The average Bonchev–Trinajstić information content (AvgIpc) is 2.67. The summed E-state index contributed by atoms with van der Waals surface area (Å²) in [5.41, 5.74) is 2.41. The van der Waals surface area contributed by atoms with Crippen LogP contribution in [0, 0.1) is 6.92 Å². The predicted molar refractivity (Wildman–Crippen MR) is 70.9 cm³/mol. The van der Waals surface area contributed by atoms with Crippen molar-refractivity contribution in [3.63, 3.8) is 0 Å². The van der Waals surface area contributed by atoms with E-state index in [0.717, 1.165) is 18.5 Å². The number of rotatable bonds is 4. The molecule has 0 aliphatic rings. The van der Waals surface area contributed by atoms with Gasteiger partial charge in [0.05, 0.1) is 10.2 Å². The molecule has 1 atom stereocenters. The van der Waals surface area contributed by atoms with Crippen LogP contribution in [0.1, 0.15) is 30.8 Å². The van der Waals surface area contributed by atoms with Crippen molar-refractivity contribution in [2.45, 2.75) is 39.8 Å². The molecule has 0 fully saturated rings. The Morgan fingerprint density at radius 2 is 2.25 bits per heavy atom. The van der Waals surface area contributed by atoms with Gasteiger partial charge in [-0.1, -0.05) is 13.0 Å². The standard InChI is InChI=1S/C13H18N2S/c1-4-10(3)14-8-13-15-11-7-9(2)5-6-12(11)16-13/h5-7,10,14H,4,8H2,1-3H3. The third-order valence-corrected chi connectivity index (χ3v) is 3.84. The fraction of sp³-hybridized carbons (Fsp3) is 0.462. The number of thiazole rings is 1. The van der Waals surface area contributed by atoms with Crippen LogP contribution in [0.25, 0.3) is 10.2 Å². The summed E-state index contributed by atoms with van der Waals surface area (Å²) in [6.45, 7) is 7.39. The number of fused-ring (bicyclic) bond motifs is 1. The van der Waals surface area contributed by atoms with E-state index in [9.17, 15) is 0 Å². The highest BCUT2D eigenvalue weighted by atomic mass is 32.1. The second kappa shape index (κ2) is 4.93. The van der Waals surface area contributed by atoms with Gasteiger partial charge in [-0.2, -0.15) is 0 Å². The summed E-state index contributed by atoms with van der Waals surface area (Å²) < 4.78 is 1.28. The topological polar surface area (TPSA) is 24.9 Å². The molecule has 1 N–H and O–H groups in total. The summed E-state index contributed by atoms with van der Waals surface area (Å²) >= 11 is 1.78. The molecule has 1 aromatic carbocycles. The van der Waals surface area contributed by atoms with E-state index in [1.165, 1.54) is 15.3 Å². The Balaban J connectivity index is 2.13. The van der Waals surface area contributed by atoms with E-state index >= 15 is 0 Å². The number of nitrogens with one attached hydrogen (secondary N) is 1. The van der Waals surface area contributed by atoms with E-state index in [1.807, 2.05) is 0 Å². The van der Waals surface area contributed by atoms with E-state index in [0.29, 0.717) is 6.04 Å². The van der Waals surface area contributed by atoms with Crippen molar-refractivity contribution >= 4 is 21.6 Å². The highest BCUT2D eigenvalue weighted by Crippen LogP contribution is 2.22. The van der Waals surface area contributed by atoms with Crippen molar-refractivity contribution in [1.82, 2.24) is 10.3 Å². The molecule has 2 rings (SSSR count). The second-order valence-corrected chi connectivity index (χ2v) is 5.38. The van der Waals surface area contributed by atoms with Crippen LogP contribution in [0.3, 0.4) is 0 Å². The molecule has 16 heavy (non-hydrogen) atoms. The molecule has 0 aliphatic heterocycles. The Hall–Kier alpha value is -0.930. The quantitative estimate of drug-likeness (QED) is 0.876. The number of benzene rings is 1. The lowest BCUT2D eigenvalue weighted by Gasteiger charge is -2.08. The van der Waals surface area contributed by atoms with Gasteiger partial charge in [0, 0.05) is 12.6 Å². The monoisotopic (exact) mass is 234 g/mol. The molecule has 86 valence electrons.